The molecule has 2 aliphatic heterocycles. The van der Waals surface area contributed by atoms with Crippen LogP contribution in [0.5, 0.6) is 0 Å². The lowest BCUT2D eigenvalue weighted by atomic mass is 9.85. The van der Waals surface area contributed by atoms with E-state index in [9.17, 15) is 15.0 Å². The predicted molar refractivity (Wildman–Crippen MR) is 83.5 cm³/mol. The molecule has 0 radical (unpaired) electrons. The van der Waals surface area contributed by atoms with Crippen LogP contribution in [0.3, 0.4) is 0 Å². The molecule has 3 unspecified atom stereocenters. The number of rotatable bonds is 6. The quantitative estimate of drug-likeness (QED) is 0.637. The number of carboxylic acids is 1. The molecule has 0 aliphatic carbocycles. The molecular formula is C17H24N2O3. The number of carboxylic acid groups (broad SMARTS) is 1. The predicted octanol–water partition coefficient (Wildman–Crippen LogP) is 1.29. The molecule has 2 saturated heterocycles. The summed E-state index contributed by atoms with van der Waals surface area (Å²) in [6, 6.07) is 9.51. The van der Waals surface area contributed by atoms with E-state index in [1.54, 1.807) is 0 Å². The first-order valence-electron chi connectivity index (χ1n) is 8.08. The van der Waals surface area contributed by atoms with Crippen LogP contribution >= 0.6 is 0 Å². The van der Waals surface area contributed by atoms with Crippen LogP contribution < -0.4 is 10.6 Å². The van der Waals surface area contributed by atoms with Crippen molar-refractivity contribution in [2.75, 3.05) is 6.61 Å². The molecule has 2 bridgehead atoms. The zero-order valence-corrected chi connectivity index (χ0v) is 12.6. The Morgan fingerprint density at radius 2 is 1.86 bits per heavy atom. The minimum atomic E-state index is -0.819. The van der Waals surface area contributed by atoms with E-state index in [2.05, 4.69) is 10.6 Å². The van der Waals surface area contributed by atoms with Crippen LogP contribution in [0.15, 0.2) is 30.3 Å². The summed E-state index contributed by atoms with van der Waals surface area (Å²) in [4.78, 5) is 11.8. The van der Waals surface area contributed by atoms with Crippen LogP contribution in [0, 0.1) is 5.92 Å². The lowest BCUT2D eigenvalue weighted by molar-refractivity contribution is -0.141. The van der Waals surface area contributed by atoms with Crippen molar-refractivity contribution in [3.8, 4) is 0 Å². The van der Waals surface area contributed by atoms with Gasteiger partial charge in [-0.25, -0.2) is 0 Å². The van der Waals surface area contributed by atoms with E-state index in [1.807, 2.05) is 30.3 Å². The highest BCUT2D eigenvalue weighted by Gasteiger charge is 2.40. The van der Waals surface area contributed by atoms with Gasteiger partial charge in [0.25, 0.3) is 0 Å². The van der Waals surface area contributed by atoms with Gasteiger partial charge in [0.2, 0.25) is 0 Å². The van der Waals surface area contributed by atoms with Crippen molar-refractivity contribution in [3.05, 3.63) is 35.9 Å². The summed E-state index contributed by atoms with van der Waals surface area (Å²) in [5.41, 5.74) is 0.924. The van der Waals surface area contributed by atoms with Gasteiger partial charge in [0.05, 0.1) is 12.6 Å². The average molecular weight is 304 g/mol. The maximum absolute atomic E-state index is 11.8. The third-order valence-corrected chi connectivity index (χ3v) is 5.01. The minimum Gasteiger partial charge on any atom is -0.480 e. The number of aliphatic hydroxyl groups excluding tert-OH is 1. The molecule has 5 heteroatoms. The van der Waals surface area contributed by atoms with Crippen LogP contribution in [-0.4, -0.2) is 40.9 Å². The van der Waals surface area contributed by atoms with Crippen molar-refractivity contribution in [2.45, 2.75) is 49.9 Å². The summed E-state index contributed by atoms with van der Waals surface area (Å²) >= 11 is 0. The molecule has 2 aliphatic rings. The number of fused-ring (bicyclic) bond motifs is 2. The van der Waals surface area contributed by atoms with Crippen LogP contribution in [0.25, 0.3) is 0 Å². The van der Waals surface area contributed by atoms with Gasteiger partial charge in [0, 0.05) is 12.1 Å². The summed E-state index contributed by atoms with van der Waals surface area (Å²) in [6.07, 6.45) is 4.09. The van der Waals surface area contributed by atoms with Crippen LogP contribution in [0.2, 0.25) is 0 Å². The molecular weight excluding hydrogens is 280 g/mol. The number of aliphatic hydroxyl groups is 1. The Bertz CT molecular complexity index is 496. The van der Waals surface area contributed by atoms with Gasteiger partial charge in [-0.3, -0.25) is 10.1 Å². The molecule has 0 saturated carbocycles. The van der Waals surface area contributed by atoms with Gasteiger partial charge in [-0.05, 0) is 37.2 Å². The number of aliphatic carboxylic acids is 1. The van der Waals surface area contributed by atoms with E-state index in [4.69, 9.17) is 0 Å². The number of piperidine rings is 1. The molecule has 1 aromatic rings. The Labute approximate surface area is 130 Å². The van der Waals surface area contributed by atoms with Crippen molar-refractivity contribution in [1.29, 1.82) is 0 Å². The van der Waals surface area contributed by atoms with Gasteiger partial charge >= 0.3 is 5.97 Å². The molecule has 5 nitrogen and oxygen atoms in total. The highest BCUT2D eigenvalue weighted by molar-refractivity contribution is 5.74. The Kier molecular flexibility index (Phi) is 4.76. The first kappa shape index (κ1) is 15.5. The fourth-order valence-corrected chi connectivity index (χ4v) is 3.94. The van der Waals surface area contributed by atoms with Crippen LogP contribution in [0.4, 0.5) is 0 Å². The van der Waals surface area contributed by atoms with Gasteiger partial charge in [0.1, 0.15) is 6.04 Å². The lowest BCUT2D eigenvalue weighted by Gasteiger charge is -2.35. The van der Waals surface area contributed by atoms with Crippen molar-refractivity contribution in [3.63, 3.8) is 0 Å². The second-order valence-corrected chi connectivity index (χ2v) is 6.50. The number of hydrogen-bond acceptors (Lipinski definition) is 4. The third kappa shape index (κ3) is 3.32. The van der Waals surface area contributed by atoms with Gasteiger partial charge in [0.15, 0.2) is 0 Å². The highest BCUT2D eigenvalue weighted by Crippen LogP contribution is 2.33. The summed E-state index contributed by atoms with van der Waals surface area (Å²) in [7, 11) is 0. The molecule has 2 heterocycles. The van der Waals surface area contributed by atoms with Gasteiger partial charge in [-0.15, -0.1) is 0 Å². The van der Waals surface area contributed by atoms with E-state index < -0.39 is 12.0 Å². The summed E-state index contributed by atoms with van der Waals surface area (Å²) in [6.45, 7) is -0.106. The van der Waals surface area contributed by atoms with E-state index in [-0.39, 0.29) is 18.6 Å². The van der Waals surface area contributed by atoms with Crippen molar-refractivity contribution < 1.29 is 15.0 Å². The zero-order chi connectivity index (χ0) is 15.5. The monoisotopic (exact) mass is 304 g/mol. The SMILES string of the molecule is O=C(O)[C@@H](NC(CO)c1ccccc1)C1CC2CCC(C1)N2. The van der Waals surface area contributed by atoms with E-state index in [0.717, 1.165) is 31.2 Å². The molecule has 4 N–H and O–H groups in total. The fourth-order valence-electron chi connectivity index (χ4n) is 3.94. The van der Waals surface area contributed by atoms with Crippen LogP contribution in [0.1, 0.15) is 37.3 Å². The Morgan fingerprint density at radius 1 is 1.23 bits per heavy atom. The second-order valence-electron chi connectivity index (χ2n) is 6.50. The smallest absolute Gasteiger partial charge is 0.321 e. The number of hydrogen-bond donors (Lipinski definition) is 4. The summed E-state index contributed by atoms with van der Waals surface area (Å²) in [5.74, 6) is -0.699. The normalized spacial score (nSPS) is 30.0. The van der Waals surface area contributed by atoms with Gasteiger partial charge in [-0.1, -0.05) is 30.3 Å². The topological polar surface area (TPSA) is 81.6 Å². The second kappa shape index (κ2) is 6.77. The molecule has 22 heavy (non-hydrogen) atoms. The Balaban J connectivity index is 1.72. The maximum atomic E-state index is 11.8. The summed E-state index contributed by atoms with van der Waals surface area (Å²) < 4.78 is 0. The number of nitrogens with one attached hydrogen (secondary N) is 2. The molecule has 120 valence electrons. The largest absolute Gasteiger partial charge is 0.480 e. The number of benzene rings is 1. The first-order chi connectivity index (χ1) is 10.7. The molecule has 1 aromatic carbocycles. The molecule has 4 atom stereocenters. The van der Waals surface area contributed by atoms with E-state index >= 15 is 0 Å². The average Bonchev–Trinajstić information content (AvgIpc) is 2.87. The van der Waals surface area contributed by atoms with Crippen molar-refractivity contribution in [2.24, 2.45) is 5.92 Å². The van der Waals surface area contributed by atoms with Crippen molar-refractivity contribution in [1.82, 2.24) is 10.6 Å². The number of carbonyl (C=O) groups is 1. The standard InChI is InChI=1S/C17H24N2O3/c20-10-15(11-4-2-1-3-5-11)19-16(17(21)22)12-8-13-6-7-14(9-12)18-13/h1-5,12-16,18-20H,6-10H2,(H,21,22)/t12?,13?,14?,15?,16-/m0/s1. The Hall–Kier alpha value is -1.43. The third-order valence-electron chi connectivity index (χ3n) is 5.01. The van der Waals surface area contributed by atoms with Gasteiger partial charge < -0.3 is 15.5 Å². The highest BCUT2D eigenvalue weighted by atomic mass is 16.4. The molecule has 0 aromatic heterocycles. The molecule has 0 spiro atoms. The molecule has 3 rings (SSSR count). The maximum Gasteiger partial charge on any atom is 0.321 e. The zero-order valence-electron chi connectivity index (χ0n) is 12.6. The van der Waals surface area contributed by atoms with Gasteiger partial charge in [-0.2, -0.15) is 0 Å². The lowest BCUT2D eigenvalue weighted by Crippen LogP contribution is -2.51. The van der Waals surface area contributed by atoms with Crippen LogP contribution in [-0.2, 0) is 4.79 Å². The fraction of sp³-hybridized carbons (Fsp3) is 0.588. The Morgan fingerprint density at radius 3 is 2.41 bits per heavy atom. The summed E-state index contributed by atoms with van der Waals surface area (Å²) in [5, 5.41) is 26.0. The van der Waals surface area contributed by atoms with E-state index in [1.165, 1.54) is 0 Å². The molecule has 0 amide bonds. The van der Waals surface area contributed by atoms with E-state index in [0.29, 0.717) is 12.1 Å². The minimum absolute atomic E-state index is 0.106. The van der Waals surface area contributed by atoms with Crippen molar-refractivity contribution >= 4 is 5.97 Å². The molecule has 2 fully saturated rings. The first-order valence-corrected chi connectivity index (χ1v) is 8.08.